The molecule has 11 heteroatoms. The van der Waals surface area contributed by atoms with Gasteiger partial charge in [-0.2, -0.15) is 23.4 Å². The monoisotopic (exact) mass is 473 g/mol. The van der Waals surface area contributed by atoms with E-state index in [2.05, 4.69) is 31.4 Å². The van der Waals surface area contributed by atoms with E-state index in [9.17, 15) is 22.4 Å². The second-order valence-corrected chi connectivity index (χ2v) is 7.17. The number of anilines is 1. The van der Waals surface area contributed by atoms with Gasteiger partial charge in [-0.15, -0.1) is 0 Å². The summed E-state index contributed by atoms with van der Waals surface area (Å²) in [5, 5.41) is 10.5. The molecule has 0 atom stereocenters. The summed E-state index contributed by atoms with van der Waals surface area (Å²) in [6.45, 7) is 3.45. The summed E-state index contributed by atoms with van der Waals surface area (Å²) < 4.78 is 54.9. The van der Waals surface area contributed by atoms with Gasteiger partial charge in [0.1, 0.15) is 5.82 Å². The molecule has 2 heterocycles. The van der Waals surface area contributed by atoms with Crippen molar-refractivity contribution < 1.29 is 22.4 Å². The van der Waals surface area contributed by atoms with Crippen LogP contribution in [0.2, 0.25) is 0 Å². The largest absolute Gasteiger partial charge is 0.434 e. The number of nitrogens with zero attached hydrogens (tertiary/aromatic N) is 4. The van der Waals surface area contributed by atoms with Crippen LogP contribution in [0.25, 0.3) is 0 Å². The topological polar surface area (TPSA) is 64.7 Å². The fourth-order valence-corrected chi connectivity index (χ4v) is 3.68. The van der Waals surface area contributed by atoms with Crippen molar-refractivity contribution in [3.63, 3.8) is 0 Å². The molecule has 29 heavy (non-hydrogen) atoms. The van der Waals surface area contributed by atoms with Crippen molar-refractivity contribution in [2.75, 3.05) is 5.32 Å². The van der Waals surface area contributed by atoms with Crippen molar-refractivity contribution in [1.82, 2.24) is 19.6 Å². The van der Waals surface area contributed by atoms with Crippen LogP contribution in [0.1, 0.15) is 33.1 Å². The molecule has 6 nitrogen and oxygen atoms in total. The zero-order valence-electron chi connectivity index (χ0n) is 15.6. The first-order valence-corrected chi connectivity index (χ1v) is 9.18. The molecule has 0 aliphatic carbocycles. The van der Waals surface area contributed by atoms with Crippen LogP contribution in [-0.2, 0) is 19.8 Å². The van der Waals surface area contributed by atoms with Gasteiger partial charge >= 0.3 is 6.18 Å². The Balaban J connectivity index is 1.89. The molecule has 3 aromatic rings. The molecule has 1 aromatic carbocycles. The van der Waals surface area contributed by atoms with Crippen molar-refractivity contribution in [1.29, 1.82) is 0 Å². The second-order valence-electron chi connectivity index (χ2n) is 6.38. The predicted octanol–water partition coefficient (Wildman–Crippen LogP) is 4.45. The van der Waals surface area contributed by atoms with Gasteiger partial charge in [-0.25, -0.2) is 4.39 Å². The van der Waals surface area contributed by atoms with Gasteiger partial charge in [-0.1, -0.05) is 18.2 Å². The quantitative estimate of drug-likeness (QED) is 0.569. The van der Waals surface area contributed by atoms with Crippen LogP contribution >= 0.6 is 15.9 Å². The van der Waals surface area contributed by atoms with Crippen molar-refractivity contribution in [3.05, 3.63) is 62.9 Å². The van der Waals surface area contributed by atoms with Gasteiger partial charge in [-0.3, -0.25) is 14.2 Å². The summed E-state index contributed by atoms with van der Waals surface area (Å²) in [7, 11) is 1.10. The Bertz CT molecular complexity index is 1090. The maximum Gasteiger partial charge on any atom is 0.434 e. The van der Waals surface area contributed by atoms with Gasteiger partial charge in [0, 0.05) is 12.6 Å². The minimum atomic E-state index is -4.67. The predicted molar refractivity (Wildman–Crippen MR) is 101 cm³/mol. The normalized spacial score (nSPS) is 11.7. The maximum absolute atomic E-state index is 13.9. The van der Waals surface area contributed by atoms with Crippen molar-refractivity contribution >= 4 is 27.5 Å². The molecule has 3 rings (SSSR count). The van der Waals surface area contributed by atoms with E-state index in [1.807, 2.05) is 0 Å². The van der Waals surface area contributed by atoms with Crippen LogP contribution in [0, 0.1) is 19.7 Å². The molecule has 1 amide bonds. The zero-order chi connectivity index (χ0) is 21.5. The number of amides is 1. The van der Waals surface area contributed by atoms with E-state index < -0.39 is 27.9 Å². The standard InChI is InChI=1S/C18H16BrF4N5O/c1-9-14(10(2)28(25-9)8-11-6-4-5-7-12(11)20)24-17(29)15-13(19)16(18(21,22)23)27(3)26-15/h4-7H,8H2,1-3H3,(H,24,29). The minimum Gasteiger partial charge on any atom is -0.317 e. The second kappa shape index (κ2) is 7.62. The van der Waals surface area contributed by atoms with Crippen LogP contribution in [0.3, 0.4) is 0 Å². The van der Waals surface area contributed by atoms with Crippen molar-refractivity contribution in [2.45, 2.75) is 26.6 Å². The van der Waals surface area contributed by atoms with Crippen molar-refractivity contribution in [2.24, 2.45) is 7.05 Å². The van der Waals surface area contributed by atoms with Crippen LogP contribution in [0.5, 0.6) is 0 Å². The minimum absolute atomic E-state index is 0.140. The summed E-state index contributed by atoms with van der Waals surface area (Å²) in [6.07, 6.45) is -4.67. The number of nitrogens with one attached hydrogen (secondary N) is 1. The highest BCUT2D eigenvalue weighted by atomic mass is 79.9. The maximum atomic E-state index is 13.9. The Morgan fingerprint density at radius 3 is 2.45 bits per heavy atom. The van der Waals surface area contributed by atoms with Crippen LogP contribution in [0.4, 0.5) is 23.2 Å². The lowest BCUT2D eigenvalue weighted by Gasteiger charge is -2.08. The highest BCUT2D eigenvalue weighted by molar-refractivity contribution is 9.10. The fraction of sp³-hybridized carbons (Fsp3) is 0.278. The number of aryl methyl sites for hydroxylation is 2. The van der Waals surface area contributed by atoms with E-state index >= 15 is 0 Å². The molecule has 154 valence electrons. The Kier molecular flexibility index (Phi) is 5.52. The first kappa shape index (κ1) is 21.0. The number of hydrogen-bond acceptors (Lipinski definition) is 3. The van der Waals surface area contributed by atoms with Crippen LogP contribution in [-0.4, -0.2) is 25.5 Å². The average molecular weight is 474 g/mol. The molecule has 0 bridgehead atoms. The lowest BCUT2D eigenvalue weighted by molar-refractivity contribution is -0.144. The SMILES string of the molecule is Cc1nn(Cc2ccccc2F)c(C)c1NC(=O)c1nn(C)c(C(F)(F)F)c1Br. The Morgan fingerprint density at radius 1 is 1.21 bits per heavy atom. The smallest absolute Gasteiger partial charge is 0.317 e. The molecular weight excluding hydrogens is 458 g/mol. The number of halogens is 5. The lowest BCUT2D eigenvalue weighted by Crippen LogP contribution is -2.15. The fourth-order valence-electron chi connectivity index (χ4n) is 2.94. The summed E-state index contributed by atoms with van der Waals surface area (Å²) >= 11 is 2.82. The number of aromatic nitrogens is 4. The van der Waals surface area contributed by atoms with Gasteiger partial charge in [0.05, 0.1) is 28.1 Å². The number of rotatable bonds is 4. The molecule has 0 radical (unpaired) electrons. The van der Waals surface area contributed by atoms with E-state index in [1.165, 1.54) is 10.7 Å². The van der Waals surface area contributed by atoms with Crippen molar-refractivity contribution in [3.8, 4) is 0 Å². The van der Waals surface area contributed by atoms with E-state index in [-0.39, 0.29) is 12.4 Å². The van der Waals surface area contributed by atoms with Gasteiger partial charge in [0.25, 0.3) is 5.91 Å². The van der Waals surface area contributed by atoms with Gasteiger partial charge in [0.2, 0.25) is 0 Å². The lowest BCUT2D eigenvalue weighted by atomic mass is 10.2. The molecule has 0 saturated carbocycles. The molecular formula is C18H16BrF4N5O. The van der Waals surface area contributed by atoms with Crippen LogP contribution in [0.15, 0.2) is 28.7 Å². The summed E-state index contributed by atoms with van der Waals surface area (Å²) in [4.78, 5) is 12.6. The molecule has 0 aliphatic heterocycles. The Labute approximate surface area is 171 Å². The summed E-state index contributed by atoms with van der Waals surface area (Å²) in [6, 6.07) is 6.23. The van der Waals surface area contributed by atoms with E-state index in [0.717, 1.165) is 7.05 Å². The molecule has 0 aliphatic rings. The third-order valence-corrected chi connectivity index (χ3v) is 5.12. The van der Waals surface area contributed by atoms with Gasteiger partial charge in [0.15, 0.2) is 11.4 Å². The number of carbonyl (C=O) groups excluding carboxylic acids is 1. The third-order valence-electron chi connectivity index (χ3n) is 4.37. The highest BCUT2D eigenvalue weighted by Gasteiger charge is 2.39. The molecule has 0 fully saturated rings. The summed E-state index contributed by atoms with van der Waals surface area (Å²) in [5.41, 5.74) is 0.250. The van der Waals surface area contributed by atoms with Gasteiger partial charge in [-0.05, 0) is 35.8 Å². The zero-order valence-corrected chi connectivity index (χ0v) is 17.2. The Hall–Kier alpha value is -2.69. The molecule has 0 saturated heterocycles. The number of carbonyl (C=O) groups is 1. The van der Waals surface area contributed by atoms with E-state index in [1.54, 1.807) is 32.0 Å². The number of alkyl halides is 3. The molecule has 1 N–H and O–H groups in total. The number of hydrogen-bond donors (Lipinski definition) is 1. The highest BCUT2D eigenvalue weighted by Crippen LogP contribution is 2.36. The Morgan fingerprint density at radius 2 is 1.86 bits per heavy atom. The number of benzene rings is 1. The molecule has 2 aromatic heterocycles. The molecule has 0 spiro atoms. The van der Waals surface area contributed by atoms with E-state index in [4.69, 9.17) is 0 Å². The van der Waals surface area contributed by atoms with Gasteiger partial charge < -0.3 is 5.32 Å². The first-order chi connectivity index (χ1) is 13.5. The average Bonchev–Trinajstić information content (AvgIpc) is 3.07. The third kappa shape index (κ3) is 4.04. The van der Waals surface area contributed by atoms with Crippen LogP contribution < -0.4 is 5.32 Å². The first-order valence-electron chi connectivity index (χ1n) is 8.39. The molecule has 0 unspecified atom stereocenters. The van der Waals surface area contributed by atoms with E-state index in [0.29, 0.717) is 27.3 Å². The summed E-state index contributed by atoms with van der Waals surface area (Å²) in [5.74, 6) is -1.21.